The Kier molecular flexibility index (Phi) is 8.19. The molecular weight excluding hydrogens is 352 g/mol. The van der Waals surface area contributed by atoms with Crippen molar-refractivity contribution < 1.29 is 28.0 Å². The minimum Gasteiger partial charge on any atom is -0.462 e. The molecule has 0 radical (unpaired) electrons. The molecule has 2 N–H and O–H groups in total. The number of carbonyl (C=O) groups is 1. The summed E-state index contributed by atoms with van der Waals surface area (Å²) in [6, 6.07) is 5.06. The van der Waals surface area contributed by atoms with Crippen molar-refractivity contribution in [2.24, 2.45) is 0 Å². The molecule has 0 aliphatic rings. The van der Waals surface area contributed by atoms with Gasteiger partial charge in [0.05, 0.1) is 11.0 Å². The molecule has 0 bridgehead atoms. The van der Waals surface area contributed by atoms with E-state index in [1.54, 1.807) is 0 Å². The van der Waals surface area contributed by atoms with Crippen LogP contribution in [-0.4, -0.2) is 43.7 Å². The highest BCUT2D eigenvalue weighted by atomic mass is 32.2. The molecule has 1 atom stereocenters. The summed E-state index contributed by atoms with van der Waals surface area (Å²) in [6.45, 7) is 1.34. The van der Waals surface area contributed by atoms with Gasteiger partial charge in [0.1, 0.15) is 6.61 Å². The van der Waals surface area contributed by atoms with E-state index in [9.17, 15) is 28.4 Å². The predicted molar refractivity (Wildman–Crippen MR) is 89.3 cm³/mol. The van der Waals surface area contributed by atoms with E-state index < -0.39 is 37.6 Å². The Morgan fingerprint density at radius 3 is 2.76 bits per heavy atom. The van der Waals surface area contributed by atoms with Crippen LogP contribution in [0.5, 0.6) is 0 Å². The van der Waals surface area contributed by atoms with Crippen molar-refractivity contribution in [3.8, 4) is 0 Å². The minimum atomic E-state index is -4.01. The molecule has 10 heteroatoms. The smallest absolute Gasteiger partial charge is 0.302 e. The van der Waals surface area contributed by atoms with Crippen molar-refractivity contribution in [1.29, 1.82) is 0 Å². The van der Waals surface area contributed by atoms with Gasteiger partial charge in [-0.05, 0) is 25.0 Å². The Morgan fingerprint density at radius 2 is 2.12 bits per heavy atom. The van der Waals surface area contributed by atoms with Crippen LogP contribution in [0.2, 0.25) is 0 Å². The van der Waals surface area contributed by atoms with E-state index >= 15 is 0 Å². The number of para-hydroxylation sites is 1. The molecule has 1 unspecified atom stereocenters. The first-order valence-electron chi connectivity index (χ1n) is 7.45. The van der Waals surface area contributed by atoms with Gasteiger partial charge in [-0.25, -0.2) is 13.1 Å². The highest BCUT2D eigenvalue weighted by Gasteiger charge is 2.24. The third-order valence-corrected chi connectivity index (χ3v) is 4.57. The van der Waals surface area contributed by atoms with Gasteiger partial charge in [0, 0.05) is 19.5 Å². The van der Waals surface area contributed by atoms with E-state index in [1.807, 2.05) is 0 Å². The van der Waals surface area contributed by atoms with Gasteiger partial charge in [-0.15, -0.1) is 0 Å². The van der Waals surface area contributed by atoms with Crippen molar-refractivity contribution in [2.75, 3.05) is 13.2 Å². The van der Waals surface area contributed by atoms with Crippen LogP contribution in [0.3, 0.4) is 0 Å². The quantitative estimate of drug-likeness (QED) is 0.207. The highest BCUT2D eigenvalue weighted by Crippen LogP contribution is 2.22. The van der Waals surface area contributed by atoms with Gasteiger partial charge in [0.15, 0.2) is 4.90 Å². The number of hydrogen-bond acceptors (Lipinski definition) is 7. The van der Waals surface area contributed by atoms with Crippen molar-refractivity contribution in [3.05, 3.63) is 46.5 Å². The van der Waals surface area contributed by atoms with E-state index in [0.717, 1.165) is 12.1 Å². The Hall–Kier alpha value is -2.30. The maximum Gasteiger partial charge on any atom is 0.302 e. The molecule has 138 valence electrons. The van der Waals surface area contributed by atoms with E-state index in [4.69, 9.17) is 0 Å². The van der Waals surface area contributed by atoms with E-state index in [2.05, 4.69) is 9.46 Å². The van der Waals surface area contributed by atoms with Crippen molar-refractivity contribution >= 4 is 21.7 Å². The number of esters is 1. The average Bonchev–Trinajstić information content (AvgIpc) is 2.55. The third-order valence-electron chi connectivity index (χ3n) is 3.06. The van der Waals surface area contributed by atoms with Crippen LogP contribution < -0.4 is 4.72 Å². The fourth-order valence-corrected chi connectivity index (χ4v) is 3.15. The number of rotatable bonds is 10. The van der Waals surface area contributed by atoms with Gasteiger partial charge in [0.25, 0.3) is 5.69 Å². The molecule has 0 aliphatic heterocycles. The Labute approximate surface area is 145 Å². The first-order chi connectivity index (χ1) is 11.7. The lowest BCUT2D eigenvalue weighted by molar-refractivity contribution is -0.387. The van der Waals surface area contributed by atoms with Crippen LogP contribution in [0.15, 0.2) is 41.3 Å². The van der Waals surface area contributed by atoms with Gasteiger partial charge in [-0.2, -0.15) is 0 Å². The lowest BCUT2D eigenvalue weighted by Crippen LogP contribution is -2.26. The molecule has 1 rings (SSSR count). The van der Waals surface area contributed by atoms with Crippen molar-refractivity contribution in [1.82, 2.24) is 4.72 Å². The number of nitrogens with zero attached hydrogens (tertiary/aromatic N) is 1. The minimum absolute atomic E-state index is 0.0171. The summed E-state index contributed by atoms with van der Waals surface area (Å²) < 4.78 is 31.2. The highest BCUT2D eigenvalue weighted by molar-refractivity contribution is 7.89. The van der Waals surface area contributed by atoms with Crippen LogP contribution in [-0.2, 0) is 19.6 Å². The van der Waals surface area contributed by atoms with Gasteiger partial charge in [0.2, 0.25) is 10.0 Å². The van der Waals surface area contributed by atoms with Gasteiger partial charge in [-0.3, -0.25) is 14.9 Å². The number of carbonyl (C=O) groups excluding carboxylic acids is 1. The molecule has 9 nitrogen and oxygen atoms in total. The number of aliphatic hydroxyl groups is 1. The second-order valence-electron chi connectivity index (χ2n) is 5.06. The fraction of sp³-hybridized carbons (Fsp3) is 0.400. The molecule has 25 heavy (non-hydrogen) atoms. The molecule has 1 aromatic rings. The number of nitro benzene ring substituents is 1. The van der Waals surface area contributed by atoms with Gasteiger partial charge < -0.3 is 9.84 Å². The number of aliphatic hydroxyl groups excluding tert-OH is 1. The number of nitrogens with one attached hydrogen (secondary N) is 1. The molecule has 0 amide bonds. The molecule has 1 aromatic carbocycles. The summed E-state index contributed by atoms with van der Waals surface area (Å²) >= 11 is 0. The van der Waals surface area contributed by atoms with Crippen LogP contribution in [0.4, 0.5) is 5.69 Å². The van der Waals surface area contributed by atoms with Crippen LogP contribution >= 0.6 is 0 Å². The van der Waals surface area contributed by atoms with Gasteiger partial charge in [-0.1, -0.05) is 18.2 Å². The molecule has 0 fully saturated rings. The molecule has 0 aromatic heterocycles. The maximum absolute atomic E-state index is 12.1. The van der Waals surface area contributed by atoms with Crippen molar-refractivity contribution in [2.45, 2.75) is 30.8 Å². The second kappa shape index (κ2) is 9.87. The Morgan fingerprint density at radius 1 is 1.44 bits per heavy atom. The average molecular weight is 372 g/mol. The summed E-state index contributed by atoms with van der Waals surface area (Å²) in [7, 11) is -4.01. The summed E-state index contributed by atoms with van der Waals surface area (Å²) in [5, 5.41) is 20.6. The SMILES string of the molecule is CC(=O)OC/C=C/C(O)CCCNS(=O)(=O)c1ccccc1[N+](=O)[O-]. The standard InChI is InChI=1S/C15H20N2O7S/c1-12(18)24-11-5-7-13(19)6-4-10-16-25(22,23)15-9-3-2-8-14(15)17(20)21/h2-3,5,7-9,13,16,19H,4,6,10-11H2,1H3/b7-5+. The summed E-state index contributed by atoms with van der Waals surface area (Å²) in [5.41, 5.74) is -0.497. The molecule has 0 saturated carbocycles. The third kappa shape index (κ3) is 7.42. The van der Waals surface area contributed by atoms with Crippen LogP contribution in [0, 0.1) is 10.1 Å². The van der Waals surface area contributed by atoms with E-state index in [1.165, 1.54) is 31.2 Å². The monoisotopic (exact) mass is 372 g/mol. The summed E-state index contributed by atoms with van der Waals surface area (Å²) in [6.07, 6.45) is 2.71. The molecule has 0 aliphatic carbocycles. The number of hydrogen-bond donors (Lipinski definition) is 2. The first-order valence-corrected chi connectivity index (χ1v) is 8.93. The Balaban J connectivity index is 2.48. The second-order valence-corrected chi connectivity index (χ2v) is 6.80. The van der Waals surface area contributed by atoms with E-state index in [-0.39, 0.29) is 19.6 Å². The van der Waals surface area contributed by atoms with Crippen LogP contribution in [0.25, 0.3) is 0 Å². The lowest BCUT2D eigenvalue weighted by atomic mass is 10.2. The number of benzene rings is 1. The van der Waals surface area contributed by atoms with Gasteiger partial charge >= 0.3 is 5.97 Å². The normalized spacial score (nSPS) is 12.9. The maximum atomic E-state index is 12.1. The number of ether oxygens (including phenoxy) is 1. The first kappa shape index (κ1) is 20.7. The topological polar surface area (TPSA) is 136 Å². The van der Waals surface area contributed by atoms with Crippen LogP contribution in [0.1, 0.15) is 19.8 Å². The number of nitro groups is 1. The zero-order valence-corrected chi connectivity index (χ0v) is 14.4. The fourth-order valence-electron chi connectivity index (χ4n) is 1.91. The molecule has 0 heterocycles. The molecule has 0 spiro atoms. The molecule has 0 saturated heterocycles. The lowest BCUT2D eigenvalue weighted by Gasteiger charge is -2.08. The molecular formula is C15H20N2O7S. The zero-order valence-electron chi connectivity index (χ0n) is 13.6. The summed E-state index contributed by atoms with van der Waals surface area (Å²) in [4.78, 5) is 20.3. The summed E-state index contributed by atoms with van der Waals surface area (Å²) in [5.74, 6) is -0.427. The predicted octanol–water partition coefficient (Wildman–Crippen LogP) is 1.13. The zero-order chi connectivity index (χ0) is 18.9. The Bertz CT molecular complexity index is 731. The number of sulfonamides is 1. The van der Waals surface area contributed by atoms with E-state index in [0.29, 0.717) is 6.42 Å². The van der Waals surface area contributed by atoms with Crippen molar-refractivity contribution in [3.63, 3.8) is 0 Å². The largest absolute Gasteiger partial charge is 0.462 e.